The Labute approximate surface area is 61.0 Å². The zero-order valence-electron chi connectivity index (χ0n) is 4.63. The van der Waals surface area contributed by atoms with Crippen molar-refractivity contribution in [1.29, 1.82) is 0 Å². The van der Waals surface area contributed by atoms with Crippen molar-refractivity contribution in [3.05, 3.63) is 23.7 Å². The maximum atomic E-state index is 10.2. The summed E-state index contributed by atoms with van der Waals surface area (Å²) in [6.45, 7) is 0. The number of carbonyl (C=O) groups is 1. The lowest BCUT2D eigenvalue weighted by Crippen LogP contribution is -1.79. The van der Waals surface area contributed by atoms with Gasteiger partial charge in [0.15, 0.2) is 6.29 Å². The van der Waals surface area contributed by atoms with Crippen LogP contribution in [0.1, 0.15) is 16.1 Å². The highest BCUT2D eigenvalue weighted by molar-refractivity contribution is 9.08. The fourth-order valence-corrected chi connectivity index (χ4v) is 1.02. The van der Waals surface area contributed by atoms with E-state index in [2.05, 4.69) is 15.9 Å². The van der Waals surface area contributed by atoms with Crippen LogP contribution in [0.3, 0.4) is 0 Å². The molecule has 48 valence electrons. The van der Waals surface area contributed by atoms with Gasteiger partial charge in [0.25, 0.3) is 0 Å². The minimum absolute atomic E-state index is 0.591. The Morgan fingerprint density at radius 3 is 3.00 bits per heavy atom. The van der Waals surface area contributed by atoms with E-state index in [1.165, 1.54) is 6.26 Å². The molecule has 0 radical (unpaired) electrons. The summed E-state index contributed by atoms with van der Waals surface area (Å²) in [4.78, 5) is 10.2. The summed E-state index contributed by atoms with van der Waals surface area (Å²) in [5.41, 5.74) is 0.617. The highest BCUT2D eigenvalue weighted by Crippen LogP contribution is 2.10. The van der Waals surface area contributed by atoms with Crippen LogP contribution in [0.5, 0.6) is 0 Å². The van der Waals surface area contributed by atoms with Crippen molar-refractivity contribution in [2.45, 2.75) is 5.33 Å². The van der Waals surface area contributed by atoms with Gasteiger partial charge in [-0.15, -0.1) is 0 Å². The maximum Gasteiger partial charge on any atom is 0.153 e. The summed E-state index contributed by atoms with van der Waals surface area (Å²) in [6.07, 6.45) is 2.28. The lowest BCUT2D eigenvalue weighted by molar-refractivity contribution is 0.112. The first-order valence-electron chi connectivity index (χ1n) is 2.46. The lowest BCUT2D eigenvalue weighted by Gasteiger charge is -1.84. The first-order valence-corrected chi connectivity index (χ1v) is 3.58. The third-order valence-corrected chi connectivity index (χ3v) is 1.54. The van der Waals surface area contributed by atoms with Crippen LogP contribution in [0.2, 0.25) is 0 Å². The lowest BCUT2D eigenvalue weighted by atomic mass is 10.3. The average molecular weight is 189 g/mol. The van der Waals surface area contributed by atoms with Gasteiger partial charge in [-0.05, 0) is 6.07 Å². The summed E-state index contributed by atoms with van der Waals surface area (Å²) in [7, 11) is 0. The van der Waals surface area contributed by atoms with Gasteiger partial charge < -0.3 is 4.42 Å². The van der Waals surface area contributed by atoms with E-state index >= 15 is 0 Å². The largest absolute Gasteiger partial charge is 0.468 e. The SMILES string of the molecule is O=Cc1ccoc1CBr. The van der Waals surface area contributed by atoms with Gasteiger partial charge in [0.1, 0.15) is 5.76 Å². The van der Waals surface area contributed by atoms with Crippen LogP contribution in [0, 0.1) is 0 Å². The average Bonchev–Trinajstić information content (AvgIpc) is 2.33. The third-order valence-electron chi connectivity index (χ3n) is 1.03. The van der Waals surface area contributed by atoms with Gasteiger partial charge in [-0.3, -0.25) is 4.79 Å². The molecule has 0 saturated heterocycles. The zero-order chi connectivity index (χ0) is 6.69. The Bertz CT molecular complexity index is 205. The number of aldehydes is 1. The fraction of sp³-hybridized carbons (Fsp3) is 0.167. The van der Waals surface area contributed by atoms with Gasteiger partial charge in [0.2, 0.25) is 0 Å². The molecular weight excluding hydrogens is 184 g/mol. The molecule has 0 N–H and O–H groups in total. The number of furan rings is 1. The number of carbonyl (C=O) groups excluding carboxylic acids is 1. The van der Waals surface area contributed by atoms with Crippen molar-refractivity contribution in [3.8, 4) is 0 Å². The molecule has 0 amide bonds. The van der Waals surface area contributed by atoms with E-state index in [1.807, 2.05) is 0 Å². The van der Waals surface area contributed by atoms with Gasteiger partial charge in [0, 0.05) is 0 Å². The minimum atomic E-state index is 0.591. The van der Waals surface area contributed by atoms with Crippen molar-refractivity contribution in [3.63, 3.8) is 0 Å². The standard InChI is InChI=1S/C6H5BrO2/c7-3-6-5(4-8)1-2-9-6/h1-2,4H,3H2. The fourth-order valence-electron chi connectivity index (χ4n) is 0.564. The van der Waals surface area contributed by atoms with Crippen LogP contribution in [-0.4, -0.2) is 6.29 Å². The molecule has 0 fully saturated rings. The second-order valence-corrected chi connectivity index (χ2v) is 2.11. The second-order valence-electron chi connectivity index (χ2n) is 1.55. The smallest absolute Gasteiger partial charge is 0.153 e. The van der Waals surface area contributed by atoms with Crippen LogP contribution in [0.4, 0.5) is 0 Å². The zero-order valence-corrected chi connectivity index (χ0v) is 6.22. The van der Waals surface area contributed by atoms with E-state index in [0.29, 0.717) is 16.7 Å². The van der Waals surface area contributed by atoms with Crippen LogP contribution >= 0.6 is 15.9 Å². The first-order chi connectivity index (χ1) is 4.38. The van der Waals surface area contributed by atoms with Crippen molar-refractivity contribution in [1.82, 2.24) is 0 Å². The van der Waals surface area contributed by atoms with Gasteiger partial charge >= 0.3 is 0 Å². The topological polar surface area (TPSA) is 30.2 Å². The van der Waals surface area contributed by atoms with Crippen molar-refractivity contribution in [2.75, 3.05) is 0 Å². The van der Waals surface area contributed by atoms with E-state index in [0.717, 1.165) is 6.29 Å². The third kappa shape index (κ3) is 1.21. The molecule has 1 aromatic rings. The molecule has 1 heterocycles. The molecule has 0 aliphatic rings. The number of alkyl halides is 1. The molecule has 0 aliphatic carbocycles. The Balaban J connectivity index is 2.98. The van der Waals surface area contributed by atoms with Crippen LogP contribution in [0.15, 0.2) is 16.7 Å². The molecule has 0 saturated carbocycles. The second kappa shape index (κ2) is 2.82. The van der Waals surface area contributed by atoms with Crippen molar-refractivity contribution in [2.24, 2.45) is 0 Å². The van der Waals surface area contributed by atoms with E-state index in [9.17, 15) is 4.79 Å². The van der Waals surface area contributed by atoms with Gasteiger partial charge in [-0.25, -0.2) is 0 Å². The molecule has 1 aromatic heterocycles. The molecule has 2 nitrogen and oxygen atoms in total. The summed E-state index contributed by atoms with van der Waals surface area (Å²) in [5.74, 6) is 0.685. The monoisotopic (exact) mass is 188 g/mol. The number of hydrogen-bond acceptors (Lipinski definition) is 2. The molecule has 3 heteroatoms. The van der Waals surface area contributed by atoms with E-state index < -0.39 is 0 Å². The first kappa shape index (κ1) is 6.55. The van der Waals surface area contributed by atoms with Crippen LogP contribution in [-0.2, 0) is 5.33 Å². The molecule has 9 heavy (non-hydrogen) atoms. The summed E-state index contributed by atoms with van der Waals surface area (Å²) >= 11 is 3.18. The van der Waals surface area contributed by atoms with E-state index in [4.69, 9.17) is 4.42 Å². The molecule has 0 bridgehead atoms. The highest BCUT2D eigenvalue weighted by atomic mass is 79.9. The van der Waals surface area contributed by atoms with Crippen LogP contribution < -0.4 is 0 Å². The summed E-state index contributed by atoms with van der Waals surface area (Å²) in [5, 5.41) is 0.591. The Hall–Kier alpha value is -0.570. The molecule has 0 aliphatic heterocycles. The molecule has 1 rings (SSSR count). The van der Waals surface area contributed by atoms with Crippen LogP contribution in [0.25, 0.3) is 0 Å². The maximum absolute atomic E-state index is 10.2. The molecule has 0 unspecified atom stereocenters. The molecule has 0 spiro atoms. The summed E-state index contributed by atoms with van der Waals surface area (Å²) < 4.78 is 4.93. The quantitative estimate of drug-likeness (QED) is 0.525. The predicted octanol–water partition coefficient (Wildman–Crippen LogP) is 1.99. The molecule has 0 aromatic carbocycles. The Morgan fingerprint density at radius 2 is 2.56 bits per heavy atom. The molecule has 0 atom stereocenters. The molecular formula is C6H5BrO2. The van der Waals surface area contributed by atoms with Gasteiger partial charge in [-0.2, -0.15) is 0 Å². The van der Waals surface area contributed by atoms with Gasteiger partial charge in [-0.1, -0.05) is 15.9 Å². The summed E-state index contributed by atoms with van der Waals surface area (Å²) in [6, 6.07) is 1.64. The number of halogens is 1. The normalized spacial score (nSPS) is 9.44. The van der Waals surface area contributed by atoms with Gasteiger partial charge in [0.05, 0.1) is 17.2 Å². The van der Waals surface area contributed by atoms with E-state index in [-0.39, 0.29) is 0 Å². The highest BCUT2D eigenvalue weighted by Gasteiger charge is 2.00. The Kier molecular flexibility index (Phi) is 2.05. The van der Waals surface area contributed by atoms with E-state index in [1.54, 1.807) is 6.07 Å². The van der Waals surface area contributed by atoms with Crippen molar-refractivity contribution >= 4 is 22.2 Å². The number of hydrogen-bond donors (Lipinski definition) is 0. The Morgan fingerprint density at radius 1 is 1.78 bits per heavy atom. The van der Waals surface area contributed by atoms with Crippen molar-refractivity contribution < 1.29 is 9.21 Å². The number of rotatable bonds is 2. The predicted molar refractivity (Wildman–Crippen MR) is 36.7 cm³/mol. The minimum Gasteiger partial charge on any atom is -0.468 e.